The van der Waals surface area contributed by atoms with Gasteiger partial charge in [0, 0.05) is 24.4 Å². The second-order valence-electron chi connectivity index (χ2n) is 3.08. The van der Waals surface area contributed by atoms with E-state index in [9.17, 15) is 0 Å². The molecule has 0 aromatic carbocycles. The normalized spacial score (nSPS) is 10.9. The number of aromatic nitrogens is 3. The Bertz CT molecular complexity index is 418. The van der Waals surface area contributed by atoms with Gasteiger partial charge in [0.25, 0.3) is 0 Å². The number of nitrogens with two attached hydrogens (primary N) is 1. The first kappa shape index (κ1) is 8.19. The van der Waals surface area contributed by atoms with E-state index in [2.05, 4.69) is 9.97 Å². The summed E-state index contributed by atoms with van der Waals surface area (Å²) in [7, 11) is 0. The second-order valence-corrected chi connectivity index (χ2v) is 3.08. The lowest BCUT2D eigenvalue weighted by molar-refractivity contribution is 0.936. The molecule has 0 spiro atoms. The Morgan fingerprint density at radius 3 is 3.08 bits per heavy atom. The van der Waals surface area contributed by atoms with Crippen molar-refractivity contribution in [3.05, 3.63) is 30.0 Å². The van der Waals surface area contributed by atoms with Crippen LogP contribution in [0, 0.1) is 6.92 Å². The molecule has 2 heterocycles. The highest BCUT2D eigenvalue weighted by atomic mass is 15.0. The van der Waals surface area contributed by atoms with Gasteiger partial charge in [-0.1, -0.05) is 0 Å². The van der Waals surface area contributed by atoms with Crippen molar-refractivity contribution in [1.29, 1.82) is 0 Å². The SMILES string of the molecule is Cc1cncn2cc(CCN)nc12. The van der Waals surface area contributed by atoms with E-state index >= 15 is 0 Å². The maximum Gasteiger partial charge on any atom is 0.142 e. The molecule has 4 nitrogen and oxygen atoms in total. The second kappa shape index (κ2) is 3.14. The first-order chi connectivity index (χ1) is 6.31. The number of fused-ring (bicyclic) bond motifs is 1. The Morgan fingerprint density at radius 1 is 1.54 bits per heavy atom. The van der Waals surface area contributed by atoms with Gasteiger partial charge < -0.3 is 5.73 Å². The van der Waals surface area contributed by atoms with Crippen LogP contribution < -0.4 is 5.73 Å². The minimum atomic E-state index is 0.635. The smallest absolute Gasteiger partial charge is 0.142 e. The first-order valence-corrected chi connectivity index (χ1v) is 4.29. The summed E-state index contributed by atoms with van der Waals surface area (Å²) in [5, 5.41) is 0. The molecule has 4 heteroatoms. The summed E-state index contributed by atoms with van der Waals surface area (Å²) in [6.07, 6.45) is 6.37. The summed E-state index contributed by atoms with van der Waals surface area (Å²) >= 11 is 0. The van der Waals surface area contributed by atoms with Crippen molar-refractivity contribution in [1.82, 2.24) is 14.4 Å². The van der Waals surface area contributed by atoms with Crippen LogP contribution in [0.15, 0.2) is 18.7 Å². The third-order valence-corrected chi connectivity index (χ3v) is 1.99. The lowest BCUT2D eigenvalue weighted by Crippen LogP contribution is -2.02. The van der Waals surface area contributed by atoms with Crippen molar-refractivity contribution < 1.29 is 0 Å². The number of rotatable bonds is 2. The number of imidazole rings is 1. The zero-order valence-corrected chi connectivity index (χ0v) is 7.57. The molecule has 0 radical (unpaired) electrons. The molecule has 0 aliphatic carbocycles. The van der Waals surface area contributed by atoms with Gasteiger partial charge in [-0.15, -0.1) is 0 Å². The van der Waals surface area contributed by atoms with Gasteiger partial charge in [-0.2, -0.15) is 0 Å². The minimum Gasteiger partial charge on any atom is -0.330 e. The highest BCUT2D eigenvalue weighted by molar-refractivity contribution is 5.46. The van der Waals surface area contributed by atoms with Gasteiger partial charge in [-0.3, -0.25) is 4.40 Å². The van der Waals surface area contributed by atoms with Crippen LogP contribution in [-0.2, 0) is 6.42 Å². The third kappa shape index (κ3) is 1.40. The molecule has 0 bridgehead atoms. The molecule has 0 atom stereocenters. The summed E-state index contributed by atoms with van der Waals surface area (Å²) in [6, 6.07) is 0. The Labute approximate surface area is 76.4 Å². The predicted molar refractivity (Wildman–Crippen MR) is 50.5 cm³/mol. The average molecular weight is 176 g/mol. The number of hydrogen-bond donors (Lipinski definition) is 1. The minimum absolute atomic E-state index is 0.635. The predicted octanol–water partition coefficient (Wildman–Crippen LogP) is 0.539. The molecule has 2 aromatic heterocycles. The van der Waals surface area contributed by atoms with Crippen molar-refractivity contribution in [2.45, 2.75) is 13.3 Å². The summed E-state index contributed by atoms with van der Waals surface area (Å²) in [6.45, 7) is 2.64. The van der Waals surface area contributed by atoms with E-state index in [1.165, 1.54) is 0 Å². The van der Waals surface area contributed by atoms with Crippen LogP contribution in [0.3, 0.4) is 0 Å². The Balaban J connectivity index is 2.55. The van der Waals surface area contributed by atoms with Crippen molar-refractivity contribution in [3.8, 4) is 0 Å². The van der Waals surface area contributed by atoms with Gasteiger partial charge in [0.2, 0.25) is 0 Å². The zero-order valence-electron chi connectivity index (χ0n) is 7.57. The Kier molecular flexibility index (Phi) is 1.98. The molecule has 0 amide bonds. The summed E-state index contributed by atoms with van der Waals surface area (Å²) < 4.78 is 1.93. The van der Waals surface area contributed by atoms with E-state index in [1.807, 2.05) is 23.7 Å². The van der Waals surface area contributed by atoms with Crippen molar-refractivity contribution in [3.63, 3.8) is 0 Å². The Morgan fingerprint density at radius 2 is 2.38 bits per heavy atom. The number of hydrogen-bond acceptors (Lipinski definition) is 3. The number of aryl methyl sites for hydroxylation is 1. The van der Waals surface area contributed by atoms with Crippen LogP contribution in [0.25, 0.3) is 5.65 Å². The van der Waals surface area contributed by atoms with Gasteiger partial charge in [0.1, 0.15) is 12.0 Å². The molecular formula is C9H12N4. The van der Waals surface area contributed by atoms with E-state index in [0.29, 0.717) is 6.54 Å². The van der Waals surface area contributed by atoms with Gasteiger partial charge in [0.15, 0.2) is 0 Å². The van der Waals surface area contributed by atoms with E-state index in [4.69, 9.17) is 5.73 Å². The Hall–Kier alpha value is -1.42. The molecule has 68 valence electrons. The summed E-state index contributed by atoms with van der Waals surface area (Å²) in [5.41, 5.74) is 8.54. The quantitative estimate of drug-likeness (QED) is 0.726. The van der Waals surface area contributed by atoms with Crippen LogP contribution >= 0.6 is 0 Å². The molecule has 0 saturated heterocycles. The average Bonchev–Trinajstić information content (AvgIpc) is 2.49. The van der Waals surface area contributed by atoms with E-state index in [1.54, 1.807) is 6.33 Å². The van der Waals surface area contributed by atoms with Crippen LogP contribution in [0.1, 0.15) is 11.3 Å². The summed E-state index contributed by atoms with van der Waals surface area (Å²) in [4.78, 5) is 8.52. The maximum atomic E-state index is 5.46. The fourth-order valence-corrected chi connectivity index (χ4v) is 1.37. The fraction of sp³-hybridized carbons (Fsp3) is 0.333. The molecule has 0 saturated carbocycles. The van der Waals surface area contributed by atoms with Crippen molar-refractivity contribution in [2.75, 3.05) is 6.54 Å². The topological polar surface area (TPSA) is 56.2 Å². The molecule has 2 rings (SSSR count). The molecule has 0 fully saturated rings. The molecular weight excluding hydrogens is 164 g/mol. The van der Waals surface area contributed by atoms with Crippen molar-refractivity contribution >= 4 is 5.65 Å². The van der Waals surface area contributed by atoms with E-state index in [0.717, 1.165) is 23.3 Å². The molecule has 0 unspecified atom stereocenters. The molecule has 2 aromatic rings. The van der Waals surface area contributed by atoms with Gasteiger partial charge in [-0.05, 0) is 13.5 Å². The van der Waals surface area contributed by atoms with Crippen molar-refractivity contribution in [2.24, 2.45) is 5.73 Å². The molecule has 0 aliphatic heterocycles. The van der Waals surface area contributed by atoms with Crippen LogP contribution in [0.4, 0.5) is 0 Å². The largest absolute Gasteiger partial charge is 0.330 e. The lowest BCUT2D eigenvalue weighted by atomic mass is 10.3. The van der Waals surface area contributed by atoms with Gasteiger partial charge >= 0.3 is 0 Å². The fourth-order valence-electron chi connectivity index (χ4n) is 1.37. The van der Waals surface area contributed by atoms with Gasteiger partial charge in [-0.25, -0.2) is 9.97 Å². The van der Waals surface area contributed by atoms with E-state index in [-0.39, 0.29) is 0 Å². The third-order valence-electron chi connectivity index (χ3n) is 1.99. The van der Waals surface area contributed by atoms with E-state index < -0.39 is 0 Å². The molecule has 2 N–H and O–H groups in total. The monoisotopic (exact) mass is 176 g/mol. The standard InChI is InChI=1S/C9H12N4/c1-7-4-11-6-13-5-8(2-3-10)12-9(7)13/h4-6H,2-3,10H2,1H3. The number of nitrogens with zero attached hydrogens (tertiary/aromatic N) is 3. The van der Waals surface area contributed by atoms with Crippen LogP contribution in [0.5, 0.6) is 0 Å². The zero-order chi connectivity index (χ0) is 9.26. The highest BCUT2D eigenvalue weighted by Crippen LogP contribution is 2.08. The van der Waals surface area contributed by atoms with Crippen LogP contribution in [0.2, 0.25) is 0 Å². The lowest BCUT2D eigenvalue weighted by Gasteiger charge is -1.93. The molecule has 0 aliphatic rings. The maximum absolute atomic E-state index is 5.46. The highest BCUT2D eigenvalue weighted by Gasteiger charge is 2.02. The summed E-state index contributed by atoms with van der Waals surface area (Å²) in [5.74, 6) is 0. The molecule has 13 heavy (non-hydrogen) atoms. The van der Waals surface area contributed by atoms with Gasteiger partial charge in [0.05, 0.1) is 5.69 Å². The first-order valence-electron chi connectivity index (χ1n) is 4.29. The van der Waals surface area contributed by atoms with Crippen LogP contribution in [-0.4, -0.2) is 20.9 Å².